The van der Waals surface area contributed by atoms with Crippen LogP contribution in [0.25, 0.3) is 11.0 Å². The molecule has 0 saturated carbocycles. The number of piperidine rings is 1. The summed E-state index contributed by atoms with van der Waals surface area (Å²) < 4.78 is 0. The molecule has 1 aliphatic heterocycles. The third-order valence-electron chi connectivity index (χ3n) is 4.23. The predicted molar refractivity (Wildman–Crippen MR) is 91.3 cm³/mol. The van der Waals surface area contributed by atoms with E-state index in [2.05, 4.69) is 34.0 Å². The summed E-state index contributed by atoms with van der Waals surface area (Å²) in [5.41, 5.74) is 1.96. The molecule has 3 rings (SSSR count). The molecule has 0 radical (unpaired) electrons. The summed E-state index contributed by atoms with van der Waals surface area (Å²) in [6, 6.07) is 7.84. The lowest BCUT2D eigenvalue weighted by Crippen LogP contribution is -2.45. The summed E-state index contributed by atoms with van der Waals surface area (Å²) in [4.78, 5) is 23.6. The van der Waals surface area contributed by atoms with E-state index >= 15 is 0 Å². The number of carbonyl (C=O) groups is 1. The van der Waals surface area contributed by atoms with E-state index in [1.807, 2.05) is 24.3 Å². The molecule has 23 heavy (non-hydrogen) atoms. The lowest BCUT2D eigenvalue weighted by molar-refractivity contribution is 0.0902. The molecule has 0 spiro atoms. The van der Waals surface area contributed by atoms with Crippen LogP contribution < -0.4 is 5.32 Å². The molecule has 1 amide bonds. The van der Waals surface area contributed by atoms with Crippen molar-refractivity contribution in [3.8, 4) is 0 Å². The first kappa shape index (κ1) is 15.9. The lowest BCUT2D eigenvalue weighted by Gasteiger charge is -2.33. The van der Waals surface area contributed by atoms with Gasteiger partial charge in [-0.25, -0.2) is 4.98 Å². The Morgan fingerprint density at radius 3 is 2.65 bits per heavy atom. The molecule has 0 atom stereocenters. The summed E-state index contributed by atoms with van der Waals surface area (Å²) in [6.45, 7) is 7.72. The van der Waals surface area contributed by atoms with Crippen molar-refractivity contribution in [1.82, 2.24) is 20.2 Å². The van der Waals surface area contributed by atoms with E-state index in [1.54, 1.807) is 6.20 Å². The summed E-state index contributed by atoms with van der Waals surface area (Å²) >= 11 is 0. The van der Waals surface area contributed by atoms with Gasteiger partial charge in [0.1, 0.15) is 5.69 Å². The Hall–Kier alpha value is -2.01. The van der Waals surface area contributed by atoms with Gasteiger partial charge in [-0.1, -0.05) is 26.0 Å². The van der Waals surface area contributed by atoms with Gasteiger partial charge in [0, 0.05) is 25.7 Å². The second-order valence-electron chi connectivity index (χ2n) is 6.69. The first-order chi connectivity index (χ1) is 11.1. The minimum Gasteiger partial charge on any atom is -0.348 e. The highest BCUT2D eigenvalue weighted by molar-refractivity contribution is 5.93. The number of amides is 1. The Labute approximate surface area is 137 Å². The van der Waals surface area contributed by atoms with E-state index in [0.29, 0.717) is 11.6 Å². The maximum Gasteiger partial charge on any atom is 0.271 e. The third kappa shape index (κ3) is 4.05. The topological polar surface area (TPSA) is 58.1 Å². The average molecular weight is 312 g/mol. The highest BCUT2D eigenvalue weighted by Crippen LogP contribution is 2.13. The number of aromatic nitrogens is 2. The predicted octanol–water partition coefficient (Wildman–Crippen LogP) is 2.48. The van der Waals surface area contributed by atoms with Crippen molar-refractivity contribution in [2.24, 2.45) is 5.92 Å². The summed E-state index contributed by atoms with van der Waals surface area (Å²) in [5, 5.41) is 3.11. The van der Waals surface area contributed by atoms with Crippen molar-refractivity contribution >= 4 is 16.9 Å². The largest absolute Gasteiger partial charge is 0.348 e. The monoisotopic (exact) mass is 312 g/mol. The minimum absolute atomic E-state index is 0.120. The van der Waals surface area contributed by atoms with Gasteiger partial charge in [0.25, 0.3) is 5.91 Å². The molecule has 5 nitrogen and oxygen atoms in total. The van der Waals surface area contributed by atoms with Crippen molar-refractivity contribution < 1.29 is 4.79 Å². The van der Waals surface area contributed by atoms with Crippen LogP contribution in [-0.4, -0.2) is 46.5 Å². The molecule has 0 unspecified atom stereocenters. The number of rotatable bonds is 4. The van der Waals surface area contributed by atoms with Crippen LogP contribution in [-0.2, 0) is 0 Å². The normalized spacial score (nSPS) is 16.8. The van der Waals surface area contributed by atoms with Crippen LogP contribution in [0.1, 0.15) is 37.2 Å². The van der Waals surface area contributed by atoms with E-state index in [4.69, 9.17) is 0 Å². The van der Waals surface area contributed by atoms with Crippen LogP contribution in [0.15, 0.2) is 30.5 Å². The fraction of sp³-hybridized carbons (Fsp3) is 0.500. The number of nitrogens with zero attached hydrogens (tertiary/aromatic N) is 3. The number of likely N-dealkylation sites (tertiary alicyclic amines) is 1. The molecule has 2 heterocycles. The van der Waals surface area contributed by atoms with Gasteiger partial charge in [-0.2, -0.15) is 0 Å². The van der Waals surface area contributed by atoms with Gasteiger partial charge < -0.3 is 10.2 Å². The molecule has 1 N–H and O–H groups in total. The van der Waals surface area contributed by atoms with Crippen LogP contribution in [0.2, 0.25) is 0 Å². The first-order valence-corrected chi connectivity index (χ1v) is 8.37. The second kappa shape index (κ2) is 7.04. The van der Waals surface area contributed by atoms with E-state index < -0.39 is 0 Å². The van der Waals surface area contributed by atoms with Gasteiger partial charge in [0.2, 0.25) is 0 Å². The van der Waals surface area contributed by atoms with Gasteiger partial charge in [-0.15, -0.1) is 0 Å². The molecule has 1 fully saturated rings. The van der Waals surface area contributed by atoms with Crippen LogP contribution in [0, 0.1) is 5.92 Å². The van der Waals surface area contributed by atoms with Gasteiger partial charge in [-0.3, -0.25) is 9.78 Å². The SMILES string of the molecule is CC(C)CN1CCC(NC(=O)c2cnc3ccccc3n2)CC1. The highest BCUT2D eigenvalue weighted by Gasteiger charge is 2.22. The Bertz CT molecular complexity index is 678. The zero-order valence-corrected chi connectivity index (χ0v) is 13.8. The van der Waals surface area contributed by atoms with Crippen LogP contribution in [0.3, 0.4) is 0 Å². The number of nitrogens with one attached hydrogen (secondary N) is 1. The molecule has 2 aromatic rings. The number of para-hydroxylation sites is 2. The highest BCUT2D eigenvalue weighted by atomic mass is 16.1. The average Bonchev–Trinajstić information content (AvgIpc) is 2.55. The van der Waals surface area contributed by atoms with Crippen molar-refractivity contribution in [3.05, 3.63) is 36.2 Å². The molecule has 5 heteroatoms. The van der Waals surface area contributed by atoms with Crippen molar-refractivity contribution in [3.63, 3.8) is 0 Å². The second-order valence-corrected chi connectivity index (χ2v) is 6.69. The smallest absolute Gasteiger partial charge is 0.271 e. The number of fused-ring (bicyclic) bond motifs is 1. The minimum atomic E-state index is -0.120. The third-order valence-corrected chi connectivity index (χ3v) is 4.23. The van der Waals surface area contributed by atoms with Gasteiger partial charge >= 0.3 is 0 Å². The fourth-order valence-corrected chi connectivity index (χ4v) is 3.10. The van der Waals surface area contributed by atoms with Crippen LogP contribution >= 0.6 is 0 Å². The lowest BCUT2D eigenvalue weighted by atomic mass is 10.0. The van der Waals surface area contributed by atoms with E-state index in [0.717, 1.165) is 43.5 Å². The quantitative estimate of drug-likeness (QED) is 0.942. The van der Waals surface area contributed by atoms with Crippen LogP contribution in [0.4, 0.5) is 0 Å². The molecular weight excluding hydrogens is 288 g/mol. The summed E-state index contributed by atoms with van der Waals surface area (Å²) in [5.74, 6) is 0.569. The number of carbonyl (C=O) groups excluding carboxylic acids is 1. The van der Waals surface area contributed by atoms with Crippen LogP contribution in [0.5, 0.6) is 0 Å². The Morgan fingerprint density at radius 1 is 1.26 bits per heavy atom. The van der Waals surface area contributed by atoms with Crippen molar-refractivity contribution in [2.45, 2.75) is 32.7 Å². The van der Waals surface area contributed by atoms with Gasteiger partial charge in [0.05, 0.1) is 17.2 Å². The number of hydrogen-bond acceptors (Lipinski definition) is 4. The summed E-state index contributed by atoms with van der Waals surface area (Å²) in [6.07, 6.45) is 3.56. The molecule has 0 bridgehead atoms. The van der Waals surface area contributed by atoms with Gasteiger partial charge in [0.15, 0.2) is 0 Å². The van der Waals surface area contributed by atoms with Crippen molar-refractivity contribution in [2.75, 3.05) is 19.6 Å². The van der Waals surface area contributed by atoms with E-state index in [9.17, 15) is 4.79 Å². The molecule has 1 aromatic carbocycles. The molecule has 0 aliphatic carbocycles. The molecule has 1 aliphatic rings. The van der Waals surface area contributed by atoms with E-state index in [-0.39, 0.29) is 11.9 Å². The Kier molecular flexibility index (Phi) is 4.86. The van der Waals surface area contributed by atoms with Crippen molar-refractivity contribution in [1.29, 1.82) is 0 Å². The standard InChI is InChI=1S/C18H24N4O/c1-13(2)12-22-9-7-14(8-10-22)20-18(23)17-11-19-15-5-3-4-6-16(15)21-17/h3-6,11,13-14H,7-10,12H2,1-2H3,(H,20,23). The Balaban J connectivity index is 1.58. The molecular formula is C18H24N4O. The van der Waals surface area contributed by atoms with E-state index in [1.165, 1.54) is 0 Å². The maximum atomic E-state index is 12.4. The molecule has 1 saturated heterocycles. The molecule has 1 aromatic heterocycles. The van der Waals surface area contributed by atoms with Gasteiger partial charge in [-0.05, 0) is 30.9 Å². The summed E-state index contributed by atoms with van der Waals surface area (Å²) in [7, 11) is 0. The zero-order chi connectivity index (χ0) is 16.2. The number of hydrogen-bond donors (Lipinski definition) is 1. The maximum absolute atomic E-state index is 12.4. The zero-order valence-electron chi connectivity index (χ0n) is 13.8. The molecule has 122 valence electrons. The first-order valence-electron chi connectivity index (χ1n) is 8.37. The Morgan fingerprint density at radius 2 is 1.96 bits per heavy atom. The fourth-order valence-electron chi connectivity index (χ4n) is 3.10. The number of benzene rings is 1.